The van der Waals surface area contributed by atoms with Crippen LogP contribution in [0.4, 0.5) is 0 Å². The number of hydrogen-bond acceptors (Lipinski definition) is 4. The van der Waals surface area contributed by atoms with Crippen molar-refractivity contribution in [2.75, 3.05) is 7.11 Å². The van der Waals surface area contributed by atoms with Gasteiger partial charge in [0.1, 0.15) is 5.75 Å². The van der Waals surface area contributed by atoms with Crippen molar-refractivity contribution < 1.29 is 19.1 Å². The first-order valence-corrected chi connectivity index (χ1v) is 7.97. The van der Waals surface area contributed by atoms with E-state index in [2.05, 4.69) is 0 Å². The predicted molar refractivity (Wildman–Crippen MR) is 95.2 cm³/mol. The molecule has 0 aliphatic carbocycles. The summed E-state index contributed by atoms with van der Waals surface area (Å²) >= 11 is 0. The maximum absolute atomic E-state index is 12.9. The smallest absolute Gasteiger partial charge is 0.340 e. The number of para-hydroxylation sites is 1. The summed E-state index contributed by atoms with van der Waals surface area (Å²) in [6.45, 7) is 3.65. The molecule has 25 heavy (non-hydrogen) atoms. The lowest BCUT2D eigenvalue weighted by Crippen LogP contribution is -2.28. The van der Waals surface area contributed by atoms with Crippen LogP contribution in [-0.2, 0) is 4.74 Å². The van der Waals surface area contributed by atoms with Crippen LogP contribution < -0.4 is 4.74 Å². The van der Waals surface area contributed by atoms with Gasteiger partial charge in [0.05, 0.1) is 18.2 Å². The molecular formula is C20H19NO4. The molecule has 0 bridgehead atoms. The van der Waals surface area contributed by atoms with Gasteiger partial charge < -0.3 is 9.47 Å². The van der Waals surface area contributed by atoms with Crippen LogP contribution >= 0.6 is 0 Å². The average Bonchev–Trinajstić information content (AvgIpc) is 3.00. The van der Waals surface area contributed by atoms with E-state index in [1.54, 1.807) is 19.1 Å². The number of carbonyl (C=O) groups is 2. The molecule has 1 aromatic heterocycles. The number of rotatable bonds is 4. The van der Waals surface area contributed by atoms with Gasteiger partial charge in [0.2, 0.25) is 0 Å². The normalized spacial score (nSPS) is 12.0. The van der Waals surface area contributed by atoms with Gasteiger partial charge in [0, 0.05) is 11.6 Å². The monoisotopic (exact) mass is 337 g/mol. The standard InChI is InChI=1S/C20H19NO4/c1-13-7-6-8-15(11-13)25-14(2)19(22)21-12-17(20(23)24-3)16-9-4-5-10-18(16)21/h4-12,14H,1-3H3/t14-/m1/s1. The average molecular weight is 337 g/mol. The lowest BCUT2D eigenvalue weighted by Gasteiger charge is -2.15. The molecule has 0 fully saturated rings. The summed E-state index contributed by atoms with van der Waals surface area (Å²) in [5.41, 5.74) is 2.05. The molecule has 0 saturated heterocycles. The van der Waals surface area contributed by atoms with Crippen molar-refractivity contribution in [2.24, 2.45) is 0 Å². The molecule has 0 saturated carbocycles. The molecule has 3 aromatic rings. The largest absolute Gasteiger partial charge is 0.481 e. The van der Waals surface area contributed by atoms with Crippen molar-refractivity contribution in [3.63, 3.8) is 0 Å². The van der Waals surface area contributed by atoms with E-state index < -0.39 is 12.1 Å². The van der Waals surface area contributed by atoms with E-state index in [0.29, 0.717) is 22.2 Å². The molecule has 5 heteroatoms. The number of ether oxygens (including phenoxy) is 2. The van der Waals surface area contributed by atoms with Gasteiger partial charge in [0.15, 0.2) is 6.10 Å². The van der Waals surface area contributed by atoms with Crippen molar-refractivity contribution in [1.29, 1.82) is 0 Å². The predicted octanol–water partition coefficient (Wildman–Crippen LogP) is 3.84. The third-order valence-electron chi connectivity index (χ3n) is 4.00. The Morgan fingerprint density at radius 2 is 1.84 bits per heavy atom. The van der Waals surface area contributed by atoms with E-state index in [1.165, 1.54) is 17.9 Å². The first kappa shape index (κ1) is 16.8. The van der Waals surface area contributed by atoms with Crippen molar-refractivity contribution in [2.45, 2.75) is 20.0 Å². The summed E-state index contributed by atoms with van der Waals surface area (Å²) < 4.78 is 12.0. The van der Waals surface area contributed by atoms with Crippen LogP contribution in [0.1, 0.15) is 27.6 Å². The van der Waals surface area contributed by atoms with Gasteiger partial charge in [-0.2, -0.15) is 0 Å². The molecule has 0 aliphatic heterocycles. The van der Waals surface area contributed by atoms with Crippen molar-refractivity contribution >= 4 is 22.8 Å². The highest BCUT2D eigenvalue weighted by atomic mass is 16.5. The van der Waals surface area contributed by atoms with E-state index >= 15 is 0 Å². The van der Waals surface area contributed by atoms with E-state index in [4.69, 9.17) is 9.47 Å². The zero-order valence-electron chi connectivity index (χ0n) is 14.4. The fourth-order valence-corrected chi connectivity index (χ4v) is 2.77. The summed E-state index contributed by atoms with van der Waals surface area (Å²) in [6, 6.07) is 14.7. The van der Waals surface area contributed by atoms with Crippen LogP contribution in [0.15, 0.2) is 54.7 Å². The van der Waals surface area contributed by atoms with Gasteiger partial charge in [-0.3, -0.25) is 9.36 Å². The van der Waals surface area contributed by atoms with Crippen LogP contribution in [0.5, 0.6) is 5.75 Å². The van der Waals surface area contributed by atoms with Gasteiger partial charge in [-0.1, -0.05) is 30.3 Å². The van der Waals surface area contributed by atoms with Gasteiger partial charge >= 0.3 is 5.97 Å². The fourth-order valence-electron chi connectivity index (χ4n) is 2.77. The number of benzene rings is 2. The van der Waals surface area contributed by atoms with Gasteiger partial charge in [-0.05, 0) is 37.6 Å². The molecular weight excluding hydrogens is 318 g/mol. The molecule has 3 rings (SSSR count). The Morgan fingerprint density at radius 3 is 2.56 bits per heavy atom. The number of aryl methyl sites for hydroxylation is 1. The number of methoxy groups -OCH3 is 1. The first-order valence-electron chi connectivity index (χ1n) is 7.97. The second-order valence-electron chi connectivity index (χ2n) is 5.84. The second-order valence-corrected chi connectivity index (χ2v) is 5.84. The van der Waals surface area contributed by atoms with E-state index in [9.17, 15) is 9.59 Å². The quantitative estimate of drug-likeness (QED) is 0.679. The Labute approximate surface area is 145 Å². The van der Waals surface area contributed by atoms with Crippen LogP contribution in [0.2, 0.25) is 0 Å². The zero-order valence-corrected chi connectivity index (χ0v) is 14.4. The Balaban J connectivity index is 1.95. The molecule has 5 nitrogen and oxygen atoms in total. The van der Waals surface area contributed by atoms with Crippen molar-refractivity contribution in [3.8, 4) is 5.75 Å². The molecule has 1 heterocycles. The topological polar surface area (TPSA) is 57.5 Å². The SMILES string of the molecule is COC(=O)c1cn(C(=O)[C@@H](C)Oc2cccc(C)c2)c2ccccc12. The summed E-state index contributed by atoms with van der Waals surface area (Å²) in [5, 5.41) is 0.672. The number of hydrogen-bond donors (Lipinski definition) is 0. The molecule has 128 valence electrons. The number of fused-ring (bicyclic) bond motifs is 1. The Morgan fingerprint density at radius 1 is 1.08 bits per heavy atom. The molecule has 0 unspecified atom stereocenters. The van der Waals surface area contributed by atoms with E-state index in [1.807, 2.05) is 43.3 Å². The van der Waals surface area contributed by atoms with Crippen molar-refractivity contribution in [1.82, 2.24) is 4.57 Å². The Hall–Kier alpha value is -3.08. The molecule has 0 aliphatic rings. The molecule has 0 spiro atoms. The van der Waals surface area contributed by atoms with Crippen LogP contribution in [0, 0.1) is 6.92 Å². The highest BCUT2D eigenvalue weighted by Crippen LogP contribution is 2.23. The van der Waals surface area contributed by atoms with Crippen LogP contribution in [0.3, 0.4) is 0 Å². The Kier molecular flexibility index (Phi) is 4.57. The Bertz CT molecular complexity index is 942. The first-order chi connectivity index (χ1) is 12.0. The minimum absolute atomic E-state index is 0.257. The molecule has 1 atom stereocenters. The van der Waals surface area contributed by atoms with Crippen molar-refractivity contribution in [3.05, 3.63) is 65.9 Å². The zero-order chi connectivity index (χ0) is 18.0. The molecule has 0 N–H and O–H groups in total. The highest BCUT2D eigenvalue weighted by molar-refractivity contribution is 6.07. The van der Waals surface area contributed by atoms with Gasteiger partial charge in [-0.25, -0.2) is 4.79 Å². The number of carbonyl (C=O) groups excluding carboxylic acids is 2. The lowest BCUT2D eigenvalue weighted by molar-refractivity contribution is 0.0602. The summed E-state index contributed by atoms with van der Waals surface area (Å²) in [5.74, 6) is -0.103. The highest BCUT2D eigenvalue weighted by Gasteiger charge is 2.23. The van der Waals surface area contributed by atoms with Gasteiger partial charge in [-0.15, -0.1) is 0 Å². The molecule has 2 aromatic carbocycles. The van der Waals surface area contributed by atoms with Gasteiger partial charge in [0.25, 0.3) is 5.91 Å². The van der Waals surface area contributed by atoms with Crippen LogP contribution in [-0.4, -0.2) is 29.7 Å². The summed E-state index contributed by atoms with van der Waals surface area (Å²) in [7, 11) is 1.32. The van der Waals surface area contributed by atoms with Crippen LogP contribution in [0.25, 0.3) is 10.9 Å². The third kappa shape index (κ3) is 3.26. The third-order valence-corrected chi connectivity index (χ3v) is 4.00. The maximum atomic E-state index is 12.9. The number of nitrogens with zero attached hydrogens (tertiary/aromatic N) is 1. The minimum atomic E-state index is -0.705. The van der Waals surface area contributed by atoms with E-state index in [-0.39, 0.29) is 5.91 Å². The lowest BCUT2D eigenvalue weighted by atomic mass is 10.2. The maximum Gasteiger partial charge on any atom is 0.340 e. The van der Waals surface area contributed by atoms with E-state index in [0.717, 1.165) is 5.56 Å². The second kappa shape index (κ2) is 6.81. The summed E-state index contributed by atoms with van der Waals surface area (Å²) in [6.07, 6.45) is 0.803. The number of esters is 1. The summed E-state index contributed by atoms with van der Waals surface area (Å²) in [4.78, 5) is 24.8. The minimum Gasteiger partial charge on any atom is -0.481 e. The fraction of sp³-hybridized carbons (Fsp3) is 0.200. The molecule has 0 radical (unpaired) electrons. The molecule has 0 amide bonds. The number of aromatic nitrogens is 1.